The van der Waals surface area contributed by atoms with Gasteiger partial charge in [-0.25, -0.2) is 14.4 Å². The van der Waals surface area contributed by atoms with E-state index in [1.54, 1.807) is 38.1 Å². The number of nitrogens with zero attached hydrogens (tertiary/aromatic N) is 6. The summed E-state index contributed by atoms with van der Waals surface area (Å²) in [5.74, 6) is -0.431. The Kier molecular flexibility index (Phi) is 39.6. The summed E-state index contributed by atoms with van der Waals surface area (Å²) in [6.07, 6.45) is 16.6. The van der Waals surface area contributed by atoms with E-state index < -0.39 is 191 Å². The van der Waals surface area contributed by atoms with Crippen molar-refractivity contribution in [2.45, 2.75) is 201 Å². The summed E-state index contributed by atoms with van der Waals surface area (Å²) in [5.41, 5.74) is -2.91. The number of hydrogen-bond acceptors (Lipinski definition) is 30. The predicted molar refractivity (Wildman–Crippen MR) is 492 cm³/mol. The van der Waals surface area contributed by atoms with Crippen LogP contribution in [-0.2, 0) is 70.5 Å². The second-order valence-corrected chi connectivity index (χ2v) is 57.8. The van der Waals surface area contributed by atoms with E-state index in [0.717, 1.165) is 39.9 Å². The van der Waals surface area contributed by atoms with Gasteiger partial charge in [-0.15, -0.1) is 52.7 Å². The monoisotopic (exact) mass is 1910 g/mol. The molecular weight excluding hydrogens is 1780 g/mol. The Balaban J connectivity index is 0.000000238. The third kappa shape index (κ3) is 30.7. The zero-order chi connectivity index (χ0) is 92.8. The van der Waals surface area contributed by atoms with Crippen LogP contribution >= 0.6 is 46.6 Å². The molecule has 0 saturated carbocycles. The molecule has 5 unspecified atom stereocenters. The van der Waals surface area contributed by atoms with Gasteiger partial charge in [0.25, 0.3) is 22.2 Å². The number of H-pyrrole nitrogens is 4. The number of carbonyl (C=O) groups is 2. The van der Waals surface area contributed by atoms with Crippen LogP contribution in [0, 0.1) is 4.77 Å². The molecular formula is C78H129N13O25P5SSe. The van der Waals surface area contributed by atoms with Crippen LogP contribution in [0.5, 0.6) is 0 Å². The van der Waals surface area contributed by atoms with E-state index in [1.807, 2.05) is 0 Å². The molecule has 5 fully saturated rings. The number of hydrogen-bond donors (Lipinski definition) is 16. The van der Waals surface area contributed by atoms with Crippen molar-refractivity contribution in [1.82, 2.24) is 63.7 Å². The predicted octanol–water partition coefficient (Wildman–Crippen LogP) is -2.78. The van der Waals surface area contributed by atoms with E-state index in [-0.39, 0.29) is 58.0 Å². The molecule has 5 aromatic rings. The van der Waals surface area contributed by atoms with E-state index in [9.17, 15) is 93.9 Å². The second-order valence-electron chi connectivity index (χ2n) is 35.1. The number of aromatic nitrogens is 10. The average molecular weight is 1910 g/mol. The van der Waals surface area contributed by atoms with Gasteiger partial charge in [-0.05, 0) is 144 Å². The molecule has 20 atom stereocenters. The molecule has 10 rings (SSSR count). The van der Waals surface area contributed by atoms with Gasteiger partial charge in [0.1, 0.15) is 60.4 Å². The zero-order valence-electron chi connectivity index (χ0n) is 72.9. The topological polar surface area (TPSA) is 545 Å². The molecule has 45 heteroatoms. The SMILES string of the molecule is C=P(C)(C)CC[C@H]1OC(n2cc(CC(C)=O)c(=O)[nH]c2=O)[C@H](O)[C@@H]1O.C=P(C)(C)CC[C@H]1OC(n2cc(CC(C)=O)c(=O)[nH]c2=O)[C@H](OC)[C@@H]1O.C=P(C)(C)CC[C@H]1OC(n2cc(CNC)c(=O)[nH]c2=O)[C@H](O)[C@@H]1O.C=P(C)(C)CC[C@H]1OC(n2cc(CNC)c(=O)[nH]c2=S)[C@H](O)[C@@H]1O.C=P(C)(C)CC[C@H]1OC(n2cc(CNC)c(=O)nc2[Se])[C@H](O)[C@@H]1O. The van der Waals surface area contributed by atoms with Gasteiger partial charge < -0.3 is 70.1 Å². The third-order valence-electron chi connectivity index (χ3n) is 20.5. The van der Waals surface area contributed by atoms with Crippen molar-refractivity contribution in [3.63, 3.8) is 0 Å². The number of rotatable bonds is 31. The minimum atomic E-state index is -1.32. The molecule has 5 aromatic heterocycles. The average Bonchev–Trinajstić information content (AvgIpc) is 1.69. The third-order valence-corrected chi connectivity index (χ3v) is 28.8. The van der Waals surface area contributed by atoms with Crippen molar-refractivity contribution in [3.05, 3.63) is 147 Å². The molecule has 38 nitrogen and oxygen atoms in total. The minimum absolute atomic E-state index is 0.0911. The fourth-order valence-electron chi connectivity index (χ4n) is 13.9. The molecule has 693 valence electrons. The van der Waals surface area contributed by atoms with Crippen molar-refractivity contribution in [2.75, 3.05) is 126 Å². The van der Waals surface area contributed by atoms with Crippen LogP contribution in [0.15, 0.2) is 69.3 Å². The molecule has 0 amide bonds. The Morgan fingerprint density at radius 1 is 0.415 bits per heavy atom. The normalized spacial score (nSPS) is 27.1. The number of aliphatic hydroxyl groups is 9. The summed E-state index contributed by atoms with van der Waals surface area (Å²) in [5, 5.41) is 102. The molecule has 123 heavy (non-hydrogen) atoms. The molecule has 0 bridgehead atoms. The van der Waals surface area contributed by atoms with Crippen LogP contribution in [-0.4, -0.2) is 370 Å². The molecule has 0 aliphatic carbocycles. The first kappa shape index (κ1) is 106. The van der Waals surface area contributed by atoms with Crippen molar-refractivity contribution in [1.29, 1.82) is 0 Å². The number of methoxy groups -OCH3 is 1. The number of aliphatic hydroxyl groups excluding tert-OH is 9. The fraction of sp³-hybridized carbons (Fsp3) is 0.654. The van der Waals surface area contributed by atoms with Crippen LogP contribution in [0.3, 0.4) is 0 Å². The van der Waals surface area contributed by atoms with Crippen LogP contribution in [0.4, 0.5) is 0 Å². The van der Waals surface area contributed by atoms with Gasteiger partial charge >= 0.3 is 167 Å². The molecule has 5 aliphatic rings. The zero-order valence-corrected chi connectivity index (χ0v) is 79.9. The Bertz CT molecular complexity index is 5170. The summed E-state index contributed by atoms with van der Waals surface area (Å²) in [6, 6.07) is 0. The number of ketones is 2. The van der Waals surface area contributed by atoms with Crippen molar-refractivity contribution in [3.8, 4) is 0 Å². The number of carbonyl (C=O) groups excluding carboxylic acids is 2. The van der Waals surface area contributed by atoms with E-state index in [0.29, 0.717) is 66.6 Å². The Morgan fingerprint density at radius 3 is 0.976 bits per heavy atom. The van der Waals surface area contributed by atoms with Gasteiger partial charge in [0.05, 0.1) is 24.4 Å². The number of Topliss-reactive ketones (excluding diaryl/α,β-unsaturated/α-hetero) is 2. The Labute approximate surface area is 727 Å². The van der Waals surface area contributed by atoms with Gasteiger partial charge in [-0.1, -0.05) is 0 Å². The maximum absolute atomic E-state index is 12.3. The Hall–Kier alpha value is -5.34. The van der Waals surface area contributed by atoms with Gasteiger partial charge in [0.2, 0.25) is 0 Å². The first-order chi connectivity index (χ1) is 56.9. The van der Waals surface area contributed by atoms with Crippen LogP contribution < -0.4 is 65.5 Å². The van der Waals surface area contributed by atoms with E-state index in [1.165, 1.54) is 48.7 Å². The quantitative estimate of drug-likeness (QED) is 0.0121. The Morgan fingerprint density at radius 2 is 0.667 bits per heavy atom. The molecule has 0 aromatic carbocycles. The fourth-order valence-corrected chi connectivity index (χ4v) is 19.4. The standard InChI is InChI=1S/C17H27N2O6P.C16H25N2O6P.C15H26N3O5P.C15H26N3O4PS.C15H25N3O4PSe/c1-10(20)8-11-9-19(17(23)18-15(11)22)16-14(24-2)13(21)12(25-16)6-7-26(3,4)5;1-9(19)7-10-8-18(16(23)17-14(10)22)15-13(21)12(20)11(24-15)5-6-25(2,3)4;1-16-7-9-8-18(15(22)17-13(9)21)14-12(20)11(19)10(23-14)5-6-24(2,3)4;2*1-16-7-9-8-18(15(24)17-13(9)21)14-12(20)11(19)10(22-14)5-6-23(2,3)4/h9,12-14,16,21H,3,6-8H2,1-2,4-5H3,(H,18,22,23);8,11-13,15,20-21H,2,5-7H2,1,3-4H3,(H,17,22,23);8,10-12,14,16,19-20H,2,5-7H2,1,3-4H3,(H,17,21,22);8,10-12,14,16,19-20H,2,5-7H2,1,3-4H3,(H,17,21,24);8,10-12,14,16,19-20H,2,5-7H2,1,3-4H3/t12-,13-,14-,16?;11-,12-,13-,15?;3*10-,11-,12-,14?/m11111/s1. The van der Waals surface area contributed by atoms with E-state index in [2.05, 4.69) is 155 Å². The number of ether oxygens (including phenoxy) is 6. The second kappa shape index (κ2) is 45.8. The van der Waals surface area contributed by atoms with Crippen molar-refractivity contribution < 1.29 is 84.0 Å². The summed E-state index contributed by atoms with van der Waals surface area (Å²) >= 11 is 7.90. The van der Waals surface area contributed by atoms with E-state index in [4.69, 9.17) is 40.6 Å². The van der Waals surface area contributed by atoms with E-state index >= 15 is 0 Å². The molecule has 5 saturated heterocycles. The summed E-state index contributed by atoms with van der Waals surface area (Å²) in [6.45, 7) is 18.3. The molecule has 10 heterocycles. The van der Waals surface area contributed by atoms with Gasteiger partial charge in [-0.2, -0.15) is 0 Å². The first-order valence-electron chi connectivity index (χ1n) is 39.8. The van der Waals surface area contributed by atoms with Crippen molar-refractivity contribution in [2.24, 2.45) is 0 Å². The van der Waals surface area contributed by atoms with Crippen LogP contribution in [0.2, 0.25) is 0 Å². The molecule has 1 radical (unpaired) electrons. The molecule has 0 spiro atoms. The summed E-state index contributed by atoms with van der Waals surface area (Å²) in [7, 11) is 6.58. The summed E-state index contributed by atoms with van der Waals surface area (Å²) in [4.78, 5) is 131. The van der Waals surface area contributed by atoms with Gasteiger partial charge in [0.15, 0.2) is 29.7 Å². The maximum atomic E-state index is 12.3. The van der Waals surface area contributed by atoms with Gasteiger partial charge in [0, 0.05) is 80.1 Å². The molecule has 5 aliphatic heterocycles. The number of aromatic amines is 4. The number of nitrogens with one attached hydrogen (secondary N) is 7. The van der Waals surface area contributed by atoms with Gasteiger partial charge in [-0.3, -0.25) is 67.0 Å². The molecule has 16 N–H and O–H groups in total. The van der Waals surface area contributed by atoms with Crippen molar-refractivity contribution >= 4 is 110 Å². The first-order valence-corrected chi connectivity index (χ1v) is 56.4. The van der Waals surface area contributed by atoms with Crippen LogP contribution in [0.1, 0.15) is 105 Å². The summed E-state index contributed by atoms with van der Waals surface area (Å²) < 4.78 is 41.3. The van der Waals surface area contributed by atoms with Crippen LogP contribution in [0.25, 0.3) is 0 Å².